The number of rotatable bonds is 4. The van der Waals surface area contributed by atoms with E-state index in [0.29, 0.717) is 35.1 Å². The molecule has 2 heterocycles. The zero-order valence-electron chi connectivity index (χ0n) is 13.3. The lowest BCUT2D eigenvalue weighted by Gasteiger charge is -2.24. The van der Waals surface area contributed by atoms with Crippen molar-refractivity contribution >= 4 is 35.0 Å². The van der Waals surface area contributed by atoms with Gasteiger partial charge in [-0.15, -0.1) is 0 Å². The van der Waals surface area contributed by atoms with Crippen LogP contribution in [0.15, 0.2) is 18.2 Å². The number of benzene rings is 1. The molecule has 0 saturated carbocycles. The largest absolute Gasteiger partial charge is 0.376 e. The Hall–Kier alpha value is -1.30. The zero-order chi connectivity index (χ0) is 17.1. The first-order chi connectivity index (χ1) is 11.6. The number of nitrogens with zero attached hydrogens (tertiary/aromatic N) is 1. The van der Waals surface area contributed by atoms with E-state index in [4.69, 9.17) is 27.9 Å². The van der Waals surface area contributed by atoms with Crippen molar-refractivity contribution in [3.05, 3.63) is 33.8 Å². The number of hydrogen-bond donors (Lipinski definition) is 1. The fourth-order valence-corrected chi connectivity index (χ4v) is 3.51. The smallest absolute Gasteiger partial charge is 0.254 e. The summed E-state index contributed by atoms with van der Waals surface area (Å²) in [7, 11) is 0. The van der Waals surface area contributed by atoms with Crippen LogP contribution >= 0.6 is 23.2 Å². The van der Waals surface area contributed by atoms with Gasteiger partial charge < -0.3 is 15.0 Å². The second-order valence-corrected chi connectivity index (χ2v) is 6.98. The summed E-state index contributed by atoms with van der Waals surface area (Å²) in [6.45, 7) is 1.83. The van der Waals surface area contributed by atoms with E-state index in [1.807, 2.05) is 0 Å². The molecular formula is C17H20Cl2N2O3. The van der Waals surface area contributed by atoms with Crippen LogP contribution in [-0.4, -0.2) is 48.6 Å². The number of amides is 2. The molecule has 0 radical (unpaired) electrons. The molecule has 2 aliphatic heterocycles. The fourth-order valence-electron chi connectivity index (χ4n) is 3.21. The van der Waals surface area contributed by atoms with Crippen LogP contribution < -0.4 is 5.32 Å². The third-order valence-electron chi connectivity index (χ3n) is 4.51. The lowest BCUT2D eigenvalue weighted by atomic mass is 10.1. The molecule has 2 saturated heterocycles. The molecule has 0 bridgehead atoms. The van der Waals surface area contributed by atoms with E-state index >= 15 is 0 Å². The summed E-state index contributed by atoms with van der Waals surface area (Å²) < 4.78 is 5.51. The number of nitrogens with one attached hydrogen (secondary N) is 1. The van der Waals surface area contributed by atoms with Gasteiger partial charge >= 0.3 is 0 Å². The number of carbonyl (C=O) groups is 2. The maximum atomic E-state index is 12.7. The molecule has 2 atom stereocenters. The van der Waals surface area contributed by atoms with E-state index < -0.39 is 6.04 Å². The SMILES string of the molecule is O=C(NC[C@H]1CCCO1)[C@H]1CCCN1C(=O)c1ccc(Cl)c(Cl)c1. The molecule has 3 rings (SSSR count). The van der Waals surface area contributed by atoms with E-state index in [0.717, 1.165) is 25.9 Å². The van der Waals surface area contributed by atoms with Crippen molar-refractivity contribution in [3.8, 4) is 0 Å². The van der Waals surface area contributed by atoms with Crippen molar-refractivity contribution in [2.45, 2.75) is 37.8 Å². The van der Waals surface area contributed by atoms with Gasteiger partial charge in [0, 0.05) is 25.3 Å². The van der Waals surface area contributed by atoms with Crippen LogP contribution in [0.5, 0.6) is 0 Å². The first-order valence-electron chi connectivity index (χ1n) is 8.21. The van der Waals surface area contributed by atoms with Crippen LogP contribution in [0.1, 0.15) is 36.0 Å². The van der Waals surface area contributed by atoms with Gasteiger partial charge in [-0.1, -0.05) is 23.2 Å². The molecule has 5 nitrogen and oxygen atoms in total. The van der Waals surface area contributed by atoms with E-state index in [1.54, 1.807) is 23.1 Å². The van der Waals surface area contributed by atoms with Gasteiger partial charge in [-0.05, 0) is 43.9 Å². The Morgan fingerprint density at radius 2 is 2.04 bits per heavy atom. The summed E-state index contributed by atoms with van der Waals surface area (Å²) in [6, 6.07) is 4.34. The van der Waals surface area contributed by atoms with E-state index in [-0.39, 0.29) is 17.9 Å². The van der Waals surface area contributed by atoms with E-state index in [2.05, 4.69) is 5.32 Å². The third kappa shape index (κ3) is 3.85. The van der Waals surface area contributed by atoms with Gasteiger partial charge in [-0.3, -0.25) is 9.59 Å². The van der Waals surface area contributed by atoms with Crippen molar-refractivity contribution in [2.24, 2.45) is 0 Å². The first-order valence-corrected chi connectivity index (χ1v) is 8.97. The molecule has 2 amide bonds. The van der Waals surface area contributed by atoms with Crippen LogP contribution in [0.25, 0.3) is 0 Å². The molecule has 7 heteroatoms. The highest BCUT2D eigenvalue weighted by Gasteiger charge is 2.35. The highest BCUT2D eigenvalue weighted by atomic mass is 35.5. The average Bonchev–Trinajstić information content (AvgIpc) is 3.26. The maximum absolute atomic E-state index is 12.7. The van der Waals surface area contributed by atoms with Gasteiger partial charge in [0.15, 0.2) is 0 Å². The summed E-state index contributed by atoms with van der Waals surface area (Å²) in [5, 5.41) is 3.66. The minimum absolute atomic E-state index is 0.0922. The quantitative estimate of drug-likeness (QED) is 0.886. The van der Waals surface area contributed by atoms with Gasteiger partial charge in [-0.25, -0.2) is 0 Å². The number of likely N-dealkylation sites (tertiary alicyclic amines) is 1. The Labute approximate surface area is 151 Å². The van der Waals surface area contributed by atoms with Crippen molar-refractivity contribution in [2.75, 3.05) is 19.7 Å². The van der Waals surface area contributed by atoms with Crippen LogP contribution in [0.3, 0.4) is 0 Å². The zero-order valence-corrected chi connectivity index (χ0v) is 14.8. The number of halogens is 2. The lowest BCUT2D eigenvalue weighted by molar-refractivity contribution is -0.125. The summed E-state index contributed by atoms with van der Waals surface area (Å²) in [5.74, 6) is -0.306. The number of carbonyl (C=O) groups excluding carboxylic acids is 2. The van der Waals surface area contributed by atoms with Gasteiger partial charge in [0.25, 0.3) is 5.91 Å². The number of hydrogen-bond acceptors (Lipinski definition) is 3. The van der Waals surface area contributed by atoms with Crippen molar-refractivity contribution in [1.82, 2.24) is 10.2 Å². The Kier molecular flexibility index (Phi) is 5.64. The Balaban J connectivity index is 1.64. The molecule has 0 unspecified atom stereocenters. The molecule has 130 valence electrons. The van der Waals surface area contributed by atoms with E-state index in [9.17, 15) is 9.59 Å². The molecule has 2 aliphatic rings. The monoisotopic (exact) mass is 370 g/mol. The molecule has 0 spiro atoms. The fraction of sp³-hybridized carbons (Fsp3) is 0.529. The molecule has 2 fully saturated rings. The molecule has 0 aliphatic carbocycles. The second kappa shape index (κ2) is 7.72. The lowest BCUT2D eigenvalue weighted by Crippen LogP contribution is -2.47. The van der Waals surface area contributed by atoms with Crippen molar-refractivity contribution in [3.63, 3.8) is 0 Å². The topological polar surface area (TPSA) is 58.6 Å². The van der Waals surface area contributed by atoms with Crippen molar-refractivity contribution in [1.29, 1.82) is 0 Å². The predicted molar refractivity (Wildman–Crippen MR) is 92.5 cm³/mol. The van der Waals surface area contributed by atoms with Gasteiger partial charge in [0.05, 0.1) is 16.1 Å². The minimum atomic E-state index is -0.437. The molecule has 1 aromatic rings. The predicted octanol–water partition coefficient (Wildman–Crippen LogP) is 2.89. The minimum Gasteiger partial charge on any atom is -0.376 e. The summed E-state index contributed by atoms with van der Waals surface area (Å²) in [5.41, 5.74) is 0.447. The van der Waals surface area contributed by atoms with Crippen LogP contribution in [-0.2, 0) is 9.53 Å². The molecular weight excluding hydrogens is 351 g/mol. The van der Waals surface area contributed by atoms with E-state index in [1.165, 1.54) is 0 Å². The summed E-state index contributed by atoms with van der Waals surface area (Å²) in [4.78, 5) is 26.8. The second-order valence-electron chi connectivity index (χ2n) is 6.17. The van der Waals surface area contributed by atoms with Crippen LogP contribution in [0.4, 0.5) is 0 Å². The molecule has 1 aromatic carbocycles. The highest BCUT2D eigenvalue weighted by molar-refractivity contribution is 6.42. The highest BCUT2D eigenvalue weighted by Crippen LogP contribution is 2.26. The summed E-state index contributed by atoms with van der Waals surface area (Å²) >= 11 is 11.9. The third-order valence-corrected chi connectivity index (χ3v) is 5.25. The standard InChI is InChI=1S/C17H20Cl2N2O3/c18-13-6-5-11(9-14(13)19)17(23)21-7-1-4-15(21)16(22)20-10-12-3-2-8-24-12/h5-6,9,12,15H,1-4,7-8,10H2,(H,20,22)/t12-,15-/m1/s1. The average molecular weight is 371 g/mol. The van der Waals surface area contributed by atoms with Gasteiger partial charge in [0.2, 0.25) is 5.91 Å². The Bertz CT molecular complexity index is 632. The summed E-state index contributed by atoms with van der Waals surface area (Å²) in [6.07, 6.45) is 3.58. The van der Waals surface area contributed by atoms with Gasteiger partial charge in [0.1, 0.15) is 6.04 Å². The Morgan fingerprint density at radius 1 is 1.21 bits per heavy atom. The molecule has 1 N–H and O–H groups in total. The van der Waals surface area contributed by atoms with Crippen LogP contribution in [0.2, 0.25) is 10.0 Å². The molecule has 0 aromatic heterocycles. The van der Waals surface area contributed by atoms with Gasteiger partial charge in [-0.2, -0.15) is 0 Å². The maximum Gasteiger partial charge on any atom is 0.254 e. The van der Waals surface area contributed by atoms with Crippen LogP contribution in [0, 0.1) is 0 Å². The van der Waals surface area contributed by atoms with Crippen molar-refractivity contribution < 1.29 is 14.3 Å². The number of ether oxygens (including phenoxy) is 1. The first kappa shape index (κ1) is 17.5. The normalized spacial score (nSPS) is 23.5. The molecule has 24 heavy (non-hydrogen) atoms. The Morgan fingerprint density at radius 3 is 2.75 bits per heavy atom.